The first kappa shape index (κ1) is 16.7. The van der Waals surface area contributed by atoms with Crippen molar-refractivity contribution in [3.8, 4) is 5.75 Å². The predicted molar refractivity (Wildman–Crippen MR) is 90.9 cm³/mol. The molecule has 0 radical (unpaired) electrons. The van der Waals surface area contributed by atoms with Crippen LogP contribution in [0.3, 0.4) is 0 Å². The molecule has 0 atom stereocenters. The number of nitrogens with one attached hydrogen (secondary N) is 2. The Hall–Kier alpha value is -2.63. The fraction of sp³-hybridized carbons (Fsp3) is 0.353. The minimum Gasteiger partial charge on any atom is -0.491 e. The van der Waals surface area contributed by atoms with Crippen molar-refractivity contribution in [2.75, 3.05) is 10.6 Å². The van der Waals surface area contributed by atoms with Crippen molar-refractivity contribution in [2.45, 2.75) is 39.8 Å². The molecule has 1 heterocycles. The highest BCUT2D eigenvalue weighted by Gasteiger charge is 2.10. The number of carbonyl (C=O) groups is 1. The number of aromatic nitrogens is 2. The summed E-state index contributed by atoms with van der Waals surface area (Å²) in [5, 5.41) is 5.95. The van der Waals surface area contributed by atoms with Crippen molar-refractivity contribution in [3.63, 3.8) is 0 Å². The van der Waals surface area contributed by atoms with Gasteiger partial charge in [0, 0.05) is 17.8 Å². The summed E-state index contributed by atoms with van der Waals surface area (Å²) in [4.78, 5) is 20.4. The van der Waals surface area contributed by atoms with Gasteiger partial charge in [0.1, 0.15) is 23.6 Å². The monoisotopic (exact) mass is 314 g/mol. The van der Waals surface area contributed by atoms with Gasteiger partial charge in [-0.1, -0.05) is 0 Å². The van der Waals surface area contributed by atoms with E-state index in [0.717, 1.165) is 5.75 Å². The van der Waals surface area contributed by atoms with Crippen LogP contribution in [0.15, 0.2) is 36.7 Å². The van der Waals surface area contributed by atoms with Crippen molar-refractivity contribution >= 4 is 17.4 Å². The molecule has 0 saturated carbocycles. The molecule has 2 aromatic rings. The highest BCUT2D eigenvalue weighted by molar-refractivity contribution is 6.03. The average molecular weight is 314 g/mol. The lowest BCUT2D eigenvalue weighted by Gasteiger charge is -2.11. The summed E-state index contributed by atoms with van der Waals surface area (Å²) in [7, 11) is 0. The number of hydrogen-bond donors (Lipinski definition) is 2. The van der Waals surface area contributed by atoms with Crippen molar-refractivity contribution in [2.24, 2.45) is 0 Å². The van der Waals surface area contributed by atoms with Crippen LogP contribution in [0.1, 0.15) is 38.2 Å². The molecule has 23 heavy (non-hydrogen) atoms. The molecule has 0 spiro atoms. The minimum atomic E-state index is -0.281. The summed E-state index contributed by atoms with van der Waals surface area (Å²) in [6.07, 6.45) is 1.49. The number of nitrogens with zero attached hydrogens (tertiary/aromatic N) is 2. The van der Waals surface area contributed by atoms with Crippen molar-refractivity contribution in [1.82, 2.24) is 9.97 Å². The van der Waals surface area contributed by atoms with Gasteiger partial charge in [0.25, 0.3) is 5.91 Å². The first-order valence-electron chi connectivity index (χ1n) is 7.60. The second kappa shape index (κ2) is 7.58. The van der Waals surface area contributed by atoms with Crippen LogP contribution in [0.2, 0.25) is 0 Å². The van der Waals surface area contributed by atoms with Gasteiger partial charge >= 0.3 is 0 Å². The Kier molecular flexibility index (Phi) is 5.51. The third-order valence-electron chi connectivity index (χ3n) is 2.82. The summed E-state index contributed by atoms with van der Waals surface area (Å²) in [6.45, 7) is 7.94. The van der Waals surface area contributed by atoms with E-state index in [9.17, 15) is 4.79 Å². The molecule has 0 unspecified atom stereocenters. The van der Waals surface area contributed by atoms with Crippen LogP contribution in [0.5, 0.6) is 5.75 Å². The van der Waals surface area contributed by atoms with E-state index in [1.807, 2.05) is 39.8 Å². The zero-order valence-electron chi connectivity index (χ0n) is 13.8. The summed E-state index contributed by atoms with van der Waals surface area (Å²) >= 11 is 0. The number of anilines is 2. The fourth-order valence-corrected chi connectivity index (χ4v) is 1.94. The molecule has 0 fully saturated rings. The van der Waals surface area contributed by atoms with Crippen molar-refractivity contribution in [1.29, 1.82) is 0 Å². The normalized spacial score (nSPS) is 10.7. The van der Waals surface area contributed by atoms with Crippen molar-refractivity contribution < 1.29 is 9.53 Å². The smallest absolute Gasteiger partial charge is 0.274 e. The Morgan fingerprint density at radius 3 is 2.39 bits per heavy atom. The van der Waals surface area contributed by atoms with Gasteiger partial charge in [-0.2, -0.15) is 0 Å². The molecule has 1 aromatic heterocycles. The van der Waals surface area contributed by atoms with Crippen LogP contribution in [0, 0.1) is 0 Å². The van der Waals surface area contributed by atoms with Gasteiger partial charge in [-0.05, 0) is 52.0 Å². The maximum absolute atomic E-state index is 12.3. The second-order valence-corrected chi connectivity index (χ2v) is 5.73. The molecule has 1 aromatic carbocycles. The van der Waals surface area contributed by atoms with Gasteiger partial charge in [-0.3, -0.25) is 4.79 Å². The Balaban J connectivity index is 2.04. The highest BCUT2D eigenvalue weighted by Crippen LogP contribution is 2.17. The topological polar surface area (TPSA) is 76.1 Å². The van der Waals surface area contributed by atoms with Gasteiger partial charge < -0.3 is 15.4 Å². The van der Waals surface area contributed by atoms with Crippen LogP contribution in [-0.4, -0.2) is 28.0 Å². The number of hydrogen-bond acceptors (Lipinski definition) is 5. The standard InChI is InChI=1S/C17H22N4O2/c1-11(2)20-16-9-15(18-10-19-16)17(22)21-13-5-7-14(8-6-13)23-12(3)4/h5-12H,1-4H3,(H,21,22)(H,18,19,20). The predicted octanol–water partition coefficient (Wildman–Crippen LogP) is 3.34. The average Bonchev–Trinajstić information content (AvgIpc) is 2.48. The van der Waals surface area contributed by atoms with E-state index >= 15 is 0 Å². The first-order chi connectivity index (χ1) is 10.9. The molecule has 6 heteroatoms. The molecule has 122 valence electrons. The lowest BCUT2D eigenvalue weighted by molar-refractivity contribution is 0.102. The van der Waals surface area contributed by atoms with E-state index in [1.54, 1.807) is 18.2 Å². The van der Waals surface area contributed by atoms with Gasteiger partial charge in [-0.25, -0.2) is 9.97 Å². The third kappa shape index (κ3) is 5.25. The van der Waals surface area contributed by atoms with Gasteiger partial charge in [0.05, 0.1) is 6.10 Å². The van der Waals surface area contributed by atoms with Crippen LogP contribution in [-0.2, 0) is 0 Å². The molecule has 0 bridgehead atoms. The van der Waals surface area contributed by atoms with E-state index in [4.69, 9.17) is 4.74 Å². The van der Waals surface area contributed by atoms with Crippen LogP contribution in [0.25, 0.3) is 0 Å². The second-order valence-electron chi connectivity index (χ2n) is 5.73. The molecule has 2 rings (SSSR count). The minimum absolute atomic E-state index is 0.114. The first-order valence-corrected chi connectivity index (χ1v) is 7.60. The number of ether oxygens (including phenoxy) is 1. The molecule has 0 saturated heterocycles. The lowest BCUT2D eigenvalue weighted by Crippen LogP contribution is -2.16. The molecular weight excluding hydrogens is 292 g/mol. The fourth-order valence-electron chi connectivity index (χ4n) is 1.94. The van der Waals surface area contributed by atoms with Crippen LogP contribution < -0.4 is 15.4 Å². The zero-order valence-corrected chi connectivity index (χ0v) is 13.8. The number of carbonyl (C=O) groups excluding carboxylic acids is 1. The maximum Gasteiger partial charge on any atom is 0.274 e. The summed E-state index contributed by atoms with van der Waals surface area (Å²) < 4.78 is 5.57. The lowest BCUT2D eigenvalue weighted by atomic mass is 10.2. The Morgan fingerprint density at radius 1 is 1.09 bits per heavy atom. The van der Waals surface area contributed by atoms with E-state index in [0.29, 0.717) is 17.2 Å². The highest BCUT2D eigenvalue weighted by atomic mass is 16.5. The largest absolute Gasteiger partial charge is 0.491 e. The molecule has 1 amide bonds. The Labute approximate surface area is 136 Å². The number of benzene rings is 1. The SMILES string of the molecule is CC(C)Nc1cc(C(=O)Nc2ccc(OC(C)C)cc2)ncn1. The molecular formula is C17H22N4O2. The molecule has 2 N–H and O–H groups in total. The number of rotatable bonds is 6. The zero-order chi connectivity index (χ0) is 16.8. The molecule has 0 aliphatic heterocycles. The summed E-state index contributed by atoms with van der Waals surface area (Å²) in [5.41, 5.74) is 0.994. The van der Waals surface area contributed by atoms with Gasteiger partial charge in [-0.15, -0.1) is 0 Å². The Morgan fingerprint density at radius 2 is 1.78 bits per heavy atom. The Bertz CT molecular complexity index is 654. The molecule has 6 nitrogen and oxygen atoms in total. The molecule has 0 aliphatic rings. The quantitative estimate of drug-likeness (QED) is 0.855. The molecule has 0 aliphatic carbocycles. The van der Waals surface area contributed by atoms with E-state index in [-0.39, 0.29) is 18.1 Å². The summed E-state index contributed by atoms with van der Waals surface area (Å²) in [5.74, 6) is 1.11. The number of amides is 1. The van der Waals surface area contributed by atoms with E-state index in [1.165, 1.54) is 6.33 Å². The third-order valence-corrected chi connectivity index (χ3v) is 2.82. The van der Waals surface area contributed by atoms with E-state index < -0.39 is 0 Å². The summed E-state index contributed by atoms with van der Waals surface area (Å²) in [6, 6.07) is 9.09. The van der Waals surface area contributed by atoms with Crippen LogP contribution in [0.4, 0.5) is 11.5 Å². The van der Waals surface area contributed by atoms with Crippen LogP contribution >= 0.6 is 0 Å². The van der Waals surface area contributed by atoms with Crippen molar-refractivity contribution in [3.05, 3.63) is 42.4 Å². The van der Waals surface area contributed by atoms with E-state index in [2.05, 4.69) is 20.6 Å². The maximum atomic E-state index is 12.3. The van der Waals surface area contributed by atoms with Gasteiger partial charge in [0.2, 0.25) is 0 Å². The van der Waals surface area contributed by atoms with Gasteiger partial charge in [0.15, 0.2) is 0 Å².